The van der Waals surface area contributed by atoms with Gasteiger partial charge in [-0.15, -0.1) is 6.58 Å². The molecule has 0 N–H and O–H groups in total. The Morgan fingerprint density at radius 1 is 1.09 bits per heavy atom. The van der Waals surface area contributed by atoms with Crippen LogP contribution in [-0.2, 0) is 25.2 Å². The van der Waals surface area contributed by atoms with Crippen LogP contribution >= 0.6 is 0 Å². The molecule has 0 aliphatic rings. The molecule has 0 amide bonds. The minimum Gasteiger partial charge on any atom is -0.468 e. The van der Waals surface area contributed by atoms with Gasteiger partial charge in [0.15, 0.2) is 5.92 Å². The molecular formula is C15H15F3O4. The third-order valence-electron chi connectivity index (χ3n) is 3.15. The Kier molecular flexibility index (Phi) is 5.73. The lowest BCUT2D eigenvalue weighted by Gasteiger charge is -2.21. The smallest absolute Gasteiger partial charge is 0.416 e. The van der Waals surface area contributed by atoms with Crippen LogP contribution in [0.3, 0.4) is 0 Å². The molecule has 0 bridgehead atoms. The molecule has 0 saturated heterocycles. The maximum atomic E-state index is 12.6. The van der Waals surface area contributed by atoms with Crippen molar-refractivity contribution in [3.05, 3.63) is 48.0 Å². The van der Waals surface area contributed by atoms with E-state index in [4.69, 9.17) is 0 Å². The van der Waals surface area contributed by atoms with Crippen molar-refractivity contribution in [2.75, 3.05) is 14.2 Å². The van der Waals surface area contributed by atoms with Crippen LogP contribution in [0, 0.1) is 5.92 Å². The van der Waals surface area contributed by atoms with E-state index in [1.807, 2.05) is 0 Å². The second-order valence-electron chi connectivity index (χ2n) is 4.41. The van der Waals surface area contributed by atoms with E-state index in [9.17, 15) is 22.8 Å². The summed E-state index contributed by atoms with van der Waals surface area (Å²) in [6.07, 6.45) is -3.17. The molecule has 0 aliphatic heterocycles. The van der Waals surface area contributed by atoms with Crippen LogP contribution in [0.5, 0.6) is 0 Å². The molecule has 1 rings (SSSR count). The van der Waals surface area contributed by atoms with Crippen LogP contribution in [0.2, 0.25) is 0 Å². The van der Waals surface area contributed by atoms with E-state index in [2.05, 4.69) is 16.1 Å². The van der Waals surface area contributed by atoms with E-state index in [1.54, 1.807) is 0 Å². The van der Waals surface area contributed by atoms with Gasteiger partial charge in [-0.1, -0.05) is 18.2 Å². The number of carbonyl (C=O) groups excluding carboxylic acids is 2. The summed E-state index contributed by atoms with van der Waals surface area (Å²) in [6.45, 7) is 3.53. The van der Waals surface area contributed by atoms with Gasteiger partial charge in [-0.2, -0.15) is 13.2 Å². The summed E-state index contributed by atoms with van der Waals surface area (Å²) in [5, 5.41) is 0. The molecule has 0 aliphatic carbocycles. The maximum absolute atomic E-state index is 12.6. The van der Waals surface area contributed by atoms with E-state index in [0.717, 1.165) is 26.4 Å². The number of alkyl halides is 3. The van der Waals surface area contributed by atoms with Gasteiger partial charge in [-0.25, -0.2) is 0 Å². The molecule has 22 heavy (non-hydrogen) atoms. The fraction of sp³-hybridized carbons (Fsp3) is 0.333. The number of ether oxygens (including phenoxy) is 2. The topological polar surface area (TPSA) is 52.6 Å². The predicted octanol–water partition coefficient (Wildman–Crippen LogP) is 2.94. The minimum atomic E-state index is -4.47. The van der Waals surface area contributed by atoms with Crippen molar-refractivity contribution in [2.24, 2.45) is 5.92 Å². The fourth-order valence-electron chi connectivity index (χ4n) is 2.00. The Bertz CT molecular complexity index is 533. The number of allylic oxidation sites excluding steroid dienone is 1. The first-order valence-corrected chi connectivity index (χ1v) is 6.21. The zero-order valence-electron chi connectivity index (χ0n) is 12.0. The number of benzene rings is 1. The summed E-state index contributed by atoms with van der Waals surface area (Å²) in [6, 6.07) is 4.12. The Balaban J connectivity index is 3.20. The largest absolute Gasteiger partial charge is 0.468 e. The highest BCUT2D eigenvalue weighted by Gasteiger charge is 2.37. The van der Waals surface area contributed by atoms with Gasteiger partial charge in [-0.05, 0) is 17.7 Å². The van der Waals surface area contributed by atoms with Crippen molar-refractivity contribution < 1.29 is 32.2 Å². The van der Waals surface area contributed by atoms with Gasteiger partial charge in [-0.3, -0.25) is 9.59 Å². The first-order chi connectivity index (χ1) is 10.3. The number of halogens is 3. The normalized spacial score (nSPS) is 12.6. The van der Waals surface area contributed by atoms with Gasteiger partial charge < -0.3 is 9.47 Å². The van der Waals surface area contributed by atoms with Crippen molar-refractivity contribution in [3.8, 4) is 0 Å². The second-order valence-corrected chi connectivity index (χ2v) is 4.41. The average Bonchev–Trinajstić information content (AvgIpc) is 2.50. The molecule has 1 atom stereocenters. The van der Waals surface area contributed by atoms with Crippen molar-refractivity contribution >= 4 is 11.9 Å². The average molecular weight is 316 g/mol. The van der Waals surface area contributed by atoms with Gasteiger partial charge in [0.25, 0.3) is 0 Å². The summed E-state index contributed by atoms with van der Waals surface area (Å²) < 4.78 is 46.8. The molecule has 0 radical (unpaired) electrons. The maximum Gasteiger partial charge on any atom is 0.416 e. The van der Waals surface area contributed by atoms with E-state index in [-0.39, 0.29) is 0 Å². The van der Waals surface area contributed by atoms with Crippen molar-refractivity contribution in [1.82, 2.24) is 0 Å². The molecule has 1 aromatic carbocycles. The van der Waals surface area contributed by atoms with Crippen molar-refractivity contribution in [1.29, 1.82) is 0 Å². The number of rotatable bonds is 5. The lowest BCUT2D eigenvalue weighted by Crippen LogP contribution is -2.31. The second kappa shape index (κ2) is 7.11. The molecule has 0 heterocycles. The van der Waals surface area contributed by atoms with Crippen LogP contribution in [0.25, 0.3) is 0 Å². The van der Waals surface area contributed by atoms with E-state index in [1.165, 1.54) is 18.2 Å². The van der Waals surface area contributed by atoms with Gasteiger partial charge >= 0.3 is 18.1 Å². The van der Waals surface area contributed by atoms with Crippen molar-refractivity contribution in [3.63, 3.8) is 0 Å². The van der Waals surface area contributed by atoms with Crippen LogP contribution < -0.4 is 0 Å². The summed E-state index contributed by atoms with van der Waals surface area (Å²) in [5.41, 5.74) is -0.504. The number of hydrogen-bond donors (Lipinski definition) is 0. The minimum absolute atomic E-state index is 0.323. The van der Waals surface area contributed by atoms with Gasteiger partial charge in [0.1, 0.15) is 0 Å². The summed E-state index contributed by atoms with van der Waals surface area (Å²) in [7, 11) is 2.20. The fourth-order valence-corrected chi connectivity index (χ4v) is 2.00. The molecule has 0 saturated carbocycles. The molecule has 4 nitrogen and oxygen atoms in total. The monoisotopic (exact) mass is 316 g/mol. The van der Waals surface area contributed by atoms with Crippen LogP contribution in [-0.4, -0.2) is 26.2 Å². The molecule has 0 spiro atoms. The van der Waals surface area contributed by atoms with Crippen molar-refractivity contribution in [2.45, 2.75) is 12.1 Å². The van der Waals surface area contributed by atoms with Crippen LogP contribution in [0.1, 0.15) is 17.0 Å². The molecule has 1 aromatic rings. The standard InChI is InChI=1S/C15H15F3O4/c1-4-11(12(13(19)21-2)14(20)22-3)9-5-7-10(8-6-9)15(16,17)18/h4-8,11-12H,1H2,2-3H3. The van der Waals surface area contributed by atoms with E-state index in [0.29, 0.717) is 5.56 Å². The number of esters is 2. The highest BCUT2D eigenvalue weighted by Crippen LogP contribution is 2.33. The molecule has 0 aromatic heterocycles. The lowest BCUT2D eigenvalue weighted by atomic mass is 9.85. The number of methoxy groups -OCH3 is 2. The lowest BCUT2D eigenvalue weighted by molar-refractivity contribution is -0.159. The Morgan fingerprint density at radius 2 is 1.55 bits per heavy atom. The van der Waals surface area contributed by atoms with E-state index < -0.39 is 35.5 Å². The predicted molar refractivity (Wildman–Crippen MR) is 71.9 cm³/mol. The molecular weight excluding hydrogens is 301 g/mol. The quantitative estimate of drug-likeness (QED) is 0.476. The molecule has 120 valence electrons. The first kappa shape index (κ1) is 17.7. The first-order valence-electron chi connectivity index (χ1n) is 6.21. The number of carbonyl (C=O) groups is 2. The Morgan fingerprint density at radius 3 is 1.86 bits per heavy atom. The molecule has 0 fully saturated rings. The Labute approximate surface area is 125 Å². The van der Waals surface area contributed by atoms with Gasteiger partial charge in [0.2, 0.25) is 0 Å². The zero-order valence-corrected chi connectivity index (χ0v) is 12.0. The SMILES string of the molecule is C=CC(c1ccc(C(F)(F)F)cc1)C(C(=O)OC)C(=O)OC. The molecule has 1 unspecified atom stereocenters. The van der Waals surface area contributed by atoms with Gasteiger partial charge in [0.05, 0.1) is 19.8 Å². The highest BCUT2D eigenvalue weighted by atomic mass is 19.4. The van der Waals surface area contributed by atoms with Gasteiger partial charge in [0, 0.05) is 5.92 Å². The third-order valence-corrected chi connectivity index (χ3v) is 3.15. The summed E-state index contributed by atoms with van der Waals surface area (Å²) in [5.74, 6) is -3.89. The summed E-state index contributed by atoms with van der Waals surface area (Å²) in [4.78, 5) is 23.5. The third kappa shape index (κ3) is 3.87. The zero-order chi connectivity index (χ0) is 16.9. The highest BCUT2D eigenvalue weighted by molar-refractivity contribution is 5.96. The van der Waals surface area contributed by atoms with Crippen LogP contribution in [0.15, 0.2) is 36.9 Å². The number of hydrogen-bond acceptors (Lipinski definition) is 4. The summed E-state index contributed by atoms with van der Waals surface area (Å²) >= 11 is 0. The molecule has 7 heteroatoms. The Hall–Kier alpha value is -2.31. The van der Waals surface area contributed by atoms with E-state index >= 15 is 0 Å². The van der Waals surface area contributed by atoms with Crippen LogP contribution in [0.4, 0.5) is 13.2 Å².